The van der Waals surface area contributed by atoms with Gasteiger partial charge in [0.25, 0.3) is 0 Å². The number of piperidine rings is 1. The number of carbonyl (C=O) groups is 1. The number of nitrogens with one attached hydrogen (secondary N) is 2. The maximum absolute atomic E-state index is 12.2. The van der Waals surface area contributed by atoms with Crippen LogP contribution in [0.3, 0.4) is 0 Å². The summed E-state index contributed by atoms with van der Waals surface area (Å²) in [7, 11) is 1.38. The average molecular weight is 358 g/mol. The van der Waals surface area contributed by atoms with E-state index in [2.05, 4.69) is 17.6 Å². The summed E-state index contributed by atoms with van der Waals surface area (Å²) in [5, 5.41) is 17.1. The van der Waals surface area contributed by atoms with Crippen molar-refractivity contribution in [1.29, 1.82) is 0 Å². The zero-order chi connectivity index (χ0) is 16.8. The Morgan fingerprint density at radius 1 is 1.54 bits per heavy atom. The average Bonchev–Trinajstić information content (AvgIpc) is 2.55. The number of ether oxygens (including phenoxy) is 1. The molecule has 8 heteroatoms. The molecule has 24 heavy (non-hydrogen) atoms. The lowest BCUT2D eigenvalue weighted by Gasteiger charge is -2.28. The number of hydrogen-bond donors (Lipinski definition) is 2. The standard InChI is InChI=1S/C16H23N3O4.ClH/c1-11(12-4-3-7-17-10-12)8-16(20)18-13-5-6-15(23-2)14(9-13)19(21)22;/h5-6,9,11-12,17H,3-4,7-8,10H2,1-2H3,(H,18,20);1H. The zero-order valence-electron chi connectivity index (χ0n) is 13.9. The third-order valence-electron chi connectivity index (χ3n) is 4.31. The molecule has 0 radical (unpaired) electrons. The Morgan fingerprint density at radius 2 is 2.29 bits per heavy atom. The van der Waals surface area contributed by atoms with E-state index >= 15 is 0 Å². The summed E-state index contributed by atoms with van der Waals surface area (Å²) in [6.07, 6.45) is 2.68. The van der Waals surface area contributed by atoms with Crippen LogP contribution in [0.2, 0.25) is 0 Å². The number of amides is 1. The normalized spacial score (nSPS) is 18.2. The molecule has 2 rings (SSSR count). The number of nitro benzene ring substituents is 1. The van der Waals surface area contributed by atoms with Gasteiger partial charge in [-0.3, -0.25) is 14.9 Å². The molecule has 0 aliphatic carbocycles. The fourth-order valence-corrected chi connectivity index (χ4v) is 2.95. The van der Waals surface area contributed by atoms with Crippen molar-refractivity contribution in [2.24, 2.45) is 11.8 Å². The minimum Gasteiger partial charge on any atom is -0.490 e. The van der Waals surface area contributed by atoms with Crippen LogP contribution < -0.4 is 15.4 Å². The molecule has 1 aromatic rings. The molecule has 1 saturated heterocycles. The Kier molecular flexibility index (Phi) is 7.94. The molecule has 2 atom stereocenters. The summed E-state index contributed by atoms with van der Waals surface area (Å²) in [6.45, 7) is 4.07. The molecule has 134 valence electrons. The maximum Gasteiger partial charge on any atom is 0.312 e. The molecule has 0 bridgehead atoms. The molecule has 0 spiro atoms. The molecule has 2 unspecified atom stereocenters. The van der Waals surface area contributed by atoms with Gasteiger partial charge in [-0.2, -0.15) is 0 Å². The van der Waals surface area contributed by atoms with Gasteiger partial charge in [0.2, 0.25) is 5.91 Å². The van der Waals surface area contributed by atoms with Gasteiger partial charge in [0.05, 0.1) is 12.0 Å². The second-order valence-corrected chi connectivity index (χ2v) is 5.98. The molecule has 1 amide bonds. The number of hydrogen-bond acceptors (Lipinski definition) is 5. The van der Waals surface area contributed by atoms with Crippen LogP contribution in [-0.2, 0) is 4.79 Å². The molecule has 1 aromatic carbocycles. The van der Waals surface area contributed by atoms with Crippen molar-refractivity contribution in [1.82, 2.24) is 5.32 Å². The highest BCUT2D eigenvalue weighted by molar-refractivity contribution is 5.91. The number of methoxy groups -OCH3 is 1. The summed E-state index contributed by atoms with van der Waals surface area (Å²) in [6, 6.07) is 4.42. The highest BCUT2D eigenvalue weighted by Crippen LogP contribution is 2.30. The number of anilines is 1. The Morgan fingerprint density at radius 3 is 2.88 bits per heavy atom. The van der Waals surface area contributed by atoms with E-state index < -0.39 is 4.92 Å². The quantitative estimate of drug-likeness (QED) is 0.603. The van der Waals surface area contributed by atoms with Crippen LogP contribution >= 0.6 is 12.4 Å². The minimum atomic E-state index is -0.523. The molecule has 7 nitrogen and oxygen atoms in total. The number of rotatable bonds is 6. The van der Waals surface area contributed by atoms with E-state index in [-0.39, 0.29) is 35.7 Å². The van der Waals surface area contributed by atoms with Gasteiger partial charge < -0.3 is 15.4 Å². The van der Waals surface area contributed by atoms with E-state index in [4.69, 9.17) is 4.74 Å². The molecular weight excluding hydrogens is 334 g/mol. The van der Waals surface area contributed by atoms with Crippen LogP contribution in [0.1, 0.15) is 26.2 Å². The van der Waals surface area contributed by atoms with Gasteiger partial charge in [-0.15, -0.1) is 12.4 Å². The van der Waals surface area contributed by atoms with E-state index in [1.807, 2.05) is 0 Å². The van der Waals surface area contributed by atoms with E-state index in [1.165, 1.54) is 19.2 Å². The van der Waals surface area contributed by atoms with Crippen LogP contribution in [0.5, 0.6) is 5.75 Å². The largest absolute Gasteiger partial charge is 0.490 e. The van der Waals surface area contributed by atoms with Crippen molar-refractivity contribution in [2.75, 3.05) is 25.5 Å². The molecule has 1 fully saturated rings. The second kappa shape index (κ2) is 9.44. The van der Waals surface area contributed by atoms with Crippen molar-refractivity contribution in [2.45, 2.75) is 26.2 Å². The fourth-order valence-electron chi connectivity index (χ4n) is 2.95. The molecule has 1 aliphatic heterocycles. The summed E-state index contributed by atoms with van der Waals surface area (Å²) in [5.41, 5.74) is 0.256. The van der Waals surface area contributed by atoms with Gasteiger partial charge in [-0.25, -0.2) is 0 Å². The number of benzene rings is 1. The first-order chi connectivity index (χ1) is 11.0. The Balaban J connectivity index is 0.00000288. The predicted molar refractivity (Wildman–Crippen MR) is 94.9 cm³/mol. The van der Waals surface area contributed by atoms with E-state index in [0.717, 1.165) is 25.9 Å². The van der Waals surface area contributed by atoms with Gasteiger partial charge in [-0.05, 0) is 49.9 Å². The van der Waals surface area contributed by atoms with Crippen molar-refractivity contribution >= 4 is 29.7 Å². The lowest BCUT2D eigenvalue weighted by Crippen LogP contribution is -2.34. The topological polar surface area (TPSA) is 93.5 Å². The molecule has 1 aliphatic rings. The van der Waals surface area contributed by atoms with Crippen LogP contribution in [0.15, 0.2) is 18.2 Å². The monoisotopic (exact) mass is 357 g/mol. The highest BCUT2D eigenvalue weighted by Gasteiger charge is 2.22. The fraction of sp³-hybridized carbons (Fsp3) is 0.562. The van der Waals surface area contributed by atoms with Crippen molar-refractivity contribution in [3.8, 4) is 5.75 Å². The van der Waals surface area contributed by atoms with Gasteiger partial charge in [0.1, 0.15) is 0 Å². The third-order valence-corrected chi connectivity index (χ3v) is 4.31. The van der Waals surface area contributed by atoms with E-state index in [0.29, 0.717) is 18.0 Å². The number of nitro groups is 1. The van der Waals surface area contributed by atoms with E-state index in [9.17, 15) is 14.9 Å². The van der Waals surface area contributed by atoms with Crippen molar-refractivity contribution in [3.05, 3.63) is 28.3 Å². The molecule has 2 N–H and O–H groups in total. The van der Waals surface area contributed by atoms with Gasteiger partial charge >= 0.3 is 5.69 Å². The van der Waals surface area contributed by atoms with Gasteiger partial charge in [0, 0.05) is 18.2 Å². The first-order valence-corrected chi connectivity index (χ1v) is 7.84. The lowest BCUT2D eigenvalue weighted by molar-refractivity contribution is -0.385. The molecule has 0 aromatic heterocycles. The van der Waals surface area contributed by atoms with Crippen molar-refractivity contribution < 1.29 is 14.5 Å². The number of carbonyl (C=O) groups excluding carboxylic acids is 1. The molecular formula is C16H24ClN3O4. The Labute approximate surface area is 147 Å². The second-order valence-electron chi connectivity index (χ2n) is 5.98. The zero-order valence-corrected chi connectivity index (χ0v) is 14.7. The van der Waals surface area contributed by atoms with Crippen LogP contribution in [-0.4, -0.2) is 31.0 Å². The number of nitrogens with zero attached hydrogens (tertiary/aromatic N) is 1. The van der Waals surface area contributed by atoms with E-state index in [1.54, 1.807) is 6.07 Å². The maximum atomic E-state index is 12.2. The van der Waals surface area contributed by atoms with Gasteiger partial charge in [-0.1, -0.05) is 6.92 Å². The van der Waals surface area contributed by atoms with Crippen LogP contribution in [0, 0.1) is 22.0 Å². The first-order valence-electron chi connectivity index (χ1n) is 7.84. The smallest absolute Gasteiger partial charge is 0.312 e. The minimum absolute atomic E-state index is 0. The van der Waals surface area contributed by atoms with Crippen LogP contribution in [0.25, 0.3) is 0 Å². The molecule has 1 heterocycles. The summed E-state index contributed by atoms with van der Waals surface area (Å²) >= 11 is 0. The summed E-state index contributed by atoms with van der Waals surface area (Å²) < 4.78 is 4.95. The van der Waals surface area contributed by atoms with Crippen molar-refractivity contribution in [3.63, 3.8) is 0 Å². The summed E-state index contributed by atoms with van der Waals surface area (Å²) in [4.78, 5) is 22.7. The third kappa shape index (κ3) is 5.35. The summed E-state index contributed by atoms with van der Waals surface area (Å²) in [5.74, 6) is 0.827. The molecule has 0 saturated carbocycles. The lowest BCUT2D eigenvalue weighted by atomic mass is 9.85. The SMILES string of the molecule is COc1ccc(NC(=O)CC(C)C2CCCNC2)cc1[N+](=O)[O-].Cl. The van der Waals surface area contributed by atoms with Crippen LogP contribution in [0.4, 0.5) is 11.4 Å². The van der Waals surface area contributed by atoms with Gasteiger partial charge in [0.15, 0.2) is 5.75 Å². The highest BCUT2D eigenvalue weighted by atomic mass is 35.5. The Bertz CT molecular complexity index is 576. The predicted octanol–water partition coefficient (Wildman–Crippen LogP) is 2.99. The Hall–Kier alpha value is -1.86. The number of halogens is 1. The first kappa shape index (κ1) is 20.2.